The van der Waals surface area contributed by atoms with Crippen LogP contribution >= 0.6 is 23.4 Å². The summed E-state index contributed by atoms with van der Waals surface area (Å²) in [6.07, 6.45) is 5.21. The minimum atomic E-state index is 0.633. The highest BCUT2D eigenvalue weighted by atomic mass is 35.5. The van der Waals surface area contributed by atoms with Crippen LogP contribution in [0.15, 0.2) is 58.8 Å². The Labute approximate surface area is 119 Å². The summed E-state index contributed by atoms with van der Waals surface area (Å²) in [6.45, 7) is 0. The van der Waals surface area contributed by atoms with E-state index in [2.05, 4.69) is 9.97 Å². The lowest BCUT2D eigenvalue weighted by Crippen LogP contribution is -1.89. The molecule has 0 fully saturated rings. The fourth-order valence-corrected chi connectivity index (χ4v) is 2.80. The van der Waals surface area contributed by atoms with E-state index in [0.29, 0.717) is 5.02 Å². The van der Waals surface area contributed by atoms with E-state index in [-0.39, 0.29) is 0 Å². The Bertz CT molecular complexity index is 728. The van der Waals surface area contributed by atoms with E-state index in [1.807, 2.05) is 36.5 Å². The molecule has 0 radical (unpaired) electrons. The molecule has 0 aliphatic carbocycles. The zero-order valence-corrected chi connectivity index (χ0v) is 11.4. The van der Waals surface area contributed by atoms with Crippen molar-refractivity contribution in [2.75, 3.05) is 5.73 Å². The first-order valence-electron chi connectivity index (χ1n) is 5.65. The molecule has 0 unspecified atom stereocenters. The van der Waals surface area contributed by atoms with Gasteiger partial charge in [-0.2, -0.15) is 0 Å². The number of anilines is 1. The van der Waals surface area contributed by atoms with Gasteiger partial charge in [-0.05, 0) is 30.3 Å². The summed E-state index contributed by atoms with van der Waals surface area (Å²) in [5.41, 5.74) is 6.72. The highest BCUT2D eigenvalue weighted by Gasteiger charge is 2.06. The maximum atomic E-state index is 5.97. The Morgan fingerprint density at radius 3 is 2.68 bits per heavy atom. The van der Waals surface area contributed by atoms with Crippen molar-refractivity contribution in [1.29, 1.82) is 0 Å². The van der Waals surface area contributed by atoms with Crippen LogP contribution in [-0.2, 0) is 0 Å². The van der Waals surface area contributed by atoms with Crippen molar-refractivity contribution in [2.24, 2.45) is 0 Å². The third-order valence-corrected chi connectivity index (χ3v) is 3.98. The van der Waals surface area contributed by atoms with Gasteiger partial charge in [0.2, 0.25) is 0 Å². The van der Waals surface area contributed by atoms with Gasteiger partial charge in [-0.15, -0.1) is 0 Å². The second-order valence-electron chi connectivity index (χ2n) is 3.99. The topological polar surface area (TPSA) is 51.8 Å². The molecule has 0 atom stereocenters. The number of nitrogens with zero attached hydrogens (tertiary/aromatic N) is 2. The van der Waals surface area contributed by atoms with E-state index in [0.717, 1.165) is 26.4 Å². The van der Waals surface area contributed by atoms with Crippen molar-refractivity contribution >= 4 is 39.8 Å². The van der Waals surface area contributed by atoms with Gasteiger partial charge in [0.25, 0.3) is 0 Å². The molecular formula is C14H10ClN3S. The number of benzene rings is 1. The molecule has 0 spiro atoms. The molecule has 0 saturated carbocycles. The highest BCUT2D eigenvalue weighted by molar-refractivity contribution is 7.99. The number of fused-ring (bicyclic) bond motifs is 1. The molecule has 1 aromatic carbocycles. The Balaban J connectivity index is 2.06. The molecule has 94 valence electrons. The van der Waals surface area contributed by atoms with Crippen LogP contribution in [0.4, 0.5) is 5.69 Å². The fourth-order valence-electron chi connectivity index (χ4n) is 1.81. The van der Waals surface area contributed by atoms with Crippen LogP contribution in [0.5, 0.6) is 0 Å². The zero-order valence-electron chi connectivity index (χ0n) is 9.88. The van der Waals surface area contributed by atoms with Crippen molar-refractivity contribution < 1.29 is 0 Å². The second-order valence-corrected chi connectivity index (χ2v) is 5.49. The summed E-state index contributed by atoms with van der Waals surface area (Å²) >= 11 is 7.40. The lowest BCUT2D eigenvalue weighted by atomic mass is 10.1. The van der Waals surface area contributed by atoms with E-state index >= 15 is 0 Å². The van der Waals surface area contributed by atoms with Crippen LogP contribution in [0, 0.1) is 0 Å². The molecule has 5 heteroatoms. The summed E-state index contributed by atoms with van der Waals surface area (Å²) < 4.78 is 0. The van der Waals surface area contributed by atoms with Gasteiger partial charge in [0.05, 0.1) is 5.02 Å². The maximum absolute atomic E-state index is 5.97. The molecule has 0 aliphatic heterocycles. The number of hydrogen-bond donors (Lipinski definition) is 1. The SMILES string of the molecule is Nc1ccc(Sc2ccc(Cl)cn2)c2cnccc12. The molecule has 0 aliphatic rings. The Kier molecular flexibility index (Phi) is 3.27. The van der Waals surface area contributed by atoms with Crippen LogP contribution in [0.2, 0.25) is 5.02 Å². The number of pyridine rings is 2. The smallest absolute Gasteiger partial charge is 0.101 e. The van der Waals surface area contributed by atoms with Gasteiger partial charge in [0.1, 0.15) is 5.03 Å². The van der Waals surface area contributed by atoms with Gasteiger partial charge < -0.3 is 5.73 Å². The summed E-state index contributed by atoms with van der Waals surface area (Å²) in [7, 11) is 0. The van der Waals surface area contributed by atoms with E-state index < -0.39 is 0 Å². The number of hydrogen-bond acceptors (Lipinski definition) is 4. The molecule has 3 rings (SSSR count). The summed E-state index contributed by atoms with van der Waals surface area (Å²) in [6, 6.07) is 9.53. The third-order valence-electron chi connectivity index (χ3n) is 2.73. The Morgan fingerprint density at radius 2 is 1.89 bits per heavy atom. The molecule has 0 bridgehead atoms. The van der Waals surface area contributed by atoms with Crippen LogP contribution < -0.4 is 5.73 Å². The minimum absolute atomic E-state index is 0.633. The van der Waals surface area contributed by atoms with Crippen LogP contribution in [0.1, 0.15) is 0 Å². The Morgan fingerprint density at radius 1 is 1.00 bits per heavy atom. The molecular weight excluding hydrogens is 278 g/mol. The summed E-state index contributed by atoms with van der Waals surface area (Å²) in [5, 5.41) is 3.56. The number of nitrogen functional groups attached to an aromatic ring is 1. The van der Waals surface area contributed by atoms with E-state index in [4.69, 9.17) is 17.3 Å². The van der Waals surface area contributed by atoms with Crippen LogP contribution in [0.3, 0.4) is 0 Å². The highest BCUT2D eigenvalue weighted by Crippen LogP contribution is 2.34. The first-order valence-corrected chi connectivity index (χ1v) is 6.85. The molecule has 0 amide bonds. The zero-order chi connectivity index (χ0) is 13.2. The minimum Gasteiger partial charge on any atom is -0.398 e. The van der Waals surface area contributed by atoms with Crippen molar-refractivity contribution in [1.82, 2.24) is 9.97 Å². The van der Waals surface area contributed by atoms with Gasteiger partial charge in [-0.3, -0.25) is 4.98 Å². The molecule has 19 heavy (non-hydrogen) atoms. The largest absolute Gasteiger partial charge is 0.398 e. The van der Waals surface area contributed by atoms with Gasteiger partial charge in [-0.1, -0.05) is 23.4 Å². The van der Waals surface area contributed by atoms with E-state index in [1.165, 1.54) is 0 Å². The number of aromatic nitrogens is 2. The fraction of sp³-hybridized carbons (Fsp3) is 0. The monoisotopic (exact) mass is 287 g/mol. The van der Waals surface area contributed by atoms with Crippen LogP contribution in [0.25, 0.3) is 10.8 Å². The van der Waals surface area contributed by atoms with Crippen molar-refractivity contribution in [3.05, 3.63) is 53.9 Å². The molecule has 2 N–H and O–H groups in total. The van der Waals surface area contributed by atoms with Gasteiger partial charge in [0, 0.05) is 39.9 Å². The third kappa shape index (κ3) is 2.50. The normalized spacial score (nSPS) is 10.8. The predicted octanol–water partition coefficient (Wildman–Crippen LogP) is 4.02. The lowest BCUT2D eigenvalue weighted by Gasteiger charge is -2.07. The van der Waals surface area contributed by atoms with Crippen molar-refractivity contribution in [3.8, 4) is 0 Å². The Hall–Kier alpha value is -1.78. The van der Waals surface area contributed by atoms with E-state index in [1.54, 1.807) is 24.2 Å². The maximum Gasteiger partial charge on any atom is 0.101 e. The average Bonchev–Trinajstić information content (AvgIpc) is 2.45. The quantitative estimate of drug-likeness (QED) is 0.723. The van der Waals surface area contributed by atoms with E-state index in [9.17, 15) is 0 Å². The standard InChI is InChI=1S/C14H10ClN3S/c15-9-1-4-14(18-7-9)19-13-3-2-12(16)10-5-6-17-8-11(10)13/h1-8H,16H2. The molecule has 3 nitrogen and oxygen atoms in total. The number of halogens is 1. The lowest BCUT2D eigenvalue weighted by molar-refractivity contribution is 1.13. The first-order chi connectivity index (χ1) is 9.24. The predicted molar refractivity (Wildman–Crippen MR) is 79.5 cm³/mol. The van der Waals surface area contributed by atoms with Crippen LogP contribution in [-0.4, -0.2) is 9.97 Å². The number of rotatable bonds is 2. The molecule has 3 aromatic rings. The molecule has 2 heterocycles. The van der Waals surface area contributed by atoms with Gasteiger partial charge in [-0.25, -0.2) is 4.98 Å². The van der Waals surface area contributed by atoms with Crippen molar-refractivity contribution in [3.63, 3.8) is 0 Å². The van der Waals surface area contributed by atoms with Gasteiger partial charge in [0.15, 0.2) is 0 Å². The van der Waals surface area contributed by atoms with Crippen molar-refractivity contribution in [2.45, 2.75) is 9.92 Å². The second kappa shape index (κ2) is 5.07. The first kappa shape index (κ1) is 12.3. The van der Waals surface area contributed by atoms with Gasteiger partial charge >= 0.3 is 0 Å². The number of nitrogens with two attached hydrogens (primary N) is 1. The summed E-state index contributed by atoms with van der Waals surface area (Å²) in [5.74, 6) is 0. The molecule has 0 saturated heterocycles. The average molecular weight is 288 g/mol. The molecule has 2 aromatic heterocycles. The summed E-state index contributed by atoms with van der Waals surface area (Å²) in [4.78, 5) is 9.52.